The van der Waals surface area contributed by atoms with Gasteiger partial charge in [0.05, 0.1) is 11.0 Å². The first kappa shape index (κ1) is 12.0. The molecule has 1 aromatic heterocycles. The first-order chi connectivity index (χ1) is 6.38. The van der Waals surface area contributed by atoms with Gasteiger partial charge < -0.3 is 5.11 Å². The van der Waals surface area contributed by atoms with E-state index in [0.29, 0.717) is 0 Å². The molecule has 0 radical (unpaired) electrons. The number of aromatic nitrogens is 1. The number of rotatable bonds is 3. The molecular formula is C10H17NOS2. The summed E-state index contributed by atoms with van der Waals surface area (Å²) >= 11 is 3.48. The van der Waals surface area contributed by atoms with Crippen LogP contribution >= 0.6 is 23.1 Å². The fraction of sp³-hybridized carbons (Fsp3) is 0.700. The van der Waals surface area contributed by atoms with E-state index >= 15 is 0 Å². The second-order valence-corrected chi connectivity index (χ2v) is 7.18. The molecule has 2 nitrogen and oxygen atoms in total. The topological polar surface area (TPSA) is 33.1 Å². The molecule has 0 aliphatic rings. The van der Waals surface area contributed by atoms with Crippen LogP contribution in [0.15, 0.2) is 6.20 Å². The average molecular weight is 231 g/mol. The van der Waals surface area contributed by atoms with Gasteiger partial charge in [0.25, 0.3) is 0 Å². The lowest BCUT2D eigenvalue weighted by Crippen LogP contribution is -2.07. The van der Waals surface area contributed by atoms with E-state index in [-0.39, 0.29) is 10.9 Å². The molecule has 1 heterocycles. The van der Waals surface area contributed by atoms with E-state index in [1.807, 2.05) is 11.8 Å². The lowest BCUT2D eigenvalue weighted by Gasteiger charge is -2.16. The Bertz CT molecular complexity index is 289. The zero-order valence-electron chi connectivity index (χ0n) is 9.07. The van der Waals surface area contributed by atoms with Crippen molar-refractivity contribution >= 4 is 23.1 Å². The fourth-order valence-electron chi connectivity index (χ4n) is 0.862. The van der Waals surface area contributed by atoms with Gasteiger partial charge in [-0.1, -0.05) is 20.8 Å². The third-order valence-corrected chi connectivity index (χ3v) is 4.25. The molecule has 1 aromatic rings. The standard InChI is InChI=1S/C10H17NOS2/c1-7(12)8-5-11-9(14-8)6-13-10(2,3)4/h5,7,12H,6H2,1-4H3. The zero-order valence-corrected chi connectivity index (χ0v) is 10.7. The van der Waals surface area contributed by atoms with Crippen molar-refractivity contribution in [2.75, 3.05) is 0 Å². The van der Waals surface area contributed by atoms with Crippen LogP contribution in [0.2, 0.25) is 0 Å². The number of aliphatic hydroxyl groups excluding tert-OH is 1. The monoisotopic (exact) mass is 231 g/mol. The van der Waals surface area contributed by atoms with Crippen molar-refractivity contribution in [1.29, 1.82) is 0 Å². The van der Waals surface area contributed by atoms with Crippen molar-refractivity contribution in [1.82, 2.24) is 4.98 Å². The third kappa shape index (κ3) is 3.98. The molecule has 0 bridgehead atoms. The van der Waals surface area contributed by atoms with Crippen LogP contribution in [-0.2, 0) is 5.75 Å². The van der Waals surface area contributed by atoms with Gasteiger partial charge in [0, 0.05) is 16.7 Å². The largest absolute Gasteiger partial charge is 0.388 e. The maximum atomic E-state index is 9.33. The average Bonchev–Trinajstić information content (AvgIpc) is 2.47. The van der Waals surface area contributed by atoms with Gasteiger partial charge in [-0.25, -0.2) is 4.98 Å². The molecule has 0 aliphatic heterocycles. The normalized spacial score (nSPS) is 14.4. The van der Waals surface area contributed by atoms with Gasteiger partial charge in [-0.15, -0.1) is 23.1 Å². The van der Waals surface area contributed by atoms with Crippen LogP contribution in [0, 0.1) is 0 Å². The Morgan fingerprint density at radius 2 is 2.21 bits per heavy atom. The van der Waals surface area contributed by atoms with Gasteiger partial charge in [0.1, 0.15) is 5.01 Å². The Morgan fingerprint density at radius 1 is 1.57 bits per heavy atom. The summed E-state index contributed by atoms with van der Waals surface area (Å²) in [5.41, 5.74) is 0. The van der Waals surface area contributed by atoms with Crippen molar-refractivity contribution in [2.24, 2.45) is 0 Å². The van der Waals surface area contributed by atoms with E-state index in [2.05, 4.69) is 25.8 Å². The molecule has 0 amide bonds. The number of hydrogen-bond donors (Lipinski definition) is 1. The van der Waals surface area contributed by atoms with Crippen LogP contribution in [0.25, 0.3) is 0 Å². The first-order valence-electron chi connectivity index (χ1n) is 4.65. The summed E-state index contributed by atoms with van der Waals surface area (Å²) in [5, 5.41) is 10.4. The van der Waals surface area contributed by atoms with E-state index in [9.17, 15) is 5.11 Å². The highest BCUT2D eigenvalue weighted by atomic mass is 32.2. The van der Waals surface area contributed by atoms with Gasteiger partial charge in [-0.2, -0.15) is 0 Å². The van der Waals surface area contributed by atoms with Crippen LogP contribution in [0.4, 0.5) is 0 Å². The SMILES string of the molecule is CC(O)c1cnc(CSC(C)(C)C)s1. The van der Waals surface area contributed by atoms with Crippen LogP contribution < -0.4 is 0 Å². The van der Waals surface area contributed by atoms with Crippen LogP contribution in [0.5, 0.6) is 0 Å². The Morgan fingerprint density at radius 3 is 2.64 bits per heavy atom. The summed E-state index contributed by atoms with van der Waals surface area (Å²) in [6, 6.07) is 0. The zero-order chi connectivity index (χ0) is 10.8. The molecule has 1 rings (SSSR count). The second kappa shape index (κ2) is 4.64. The molecule has 0 aliphatic carbocycles. The van der Waals surface area contributed by atoms with Crippen LogP contribution in [0.1, 0.15) is 43.7 Å². The summed E-state index contributed by atoms with van der Waals surface area (Å²) in [6.45, 7) is 8.36. The number of aliphatic hydroxyl groups is 1. The fourth-order valence-corrected chi connectivity index (χ4v) is 2.56. The lowest BCUT2D eigenvalue weighted by atomic mass is 10.3. The second-order valence-electron chi connectivity index (χ2n) is 4.23. The van der Waals surface area contributed by atoms with Crippen molar-refractivity contribution in [3.05, 3.63) is 16.1 Å². The quantitative estimate of drug-likeness (QED) is 0.867. The van der Waals surface area contributed by atoms with Gasteiger partial charge in [-0.05, 0) is 6.92 Å². The number of thiazole rings is 1. The Hall–Kier alpha value is -0.0600. The van der Waals surface area contributed by atoms with Crippen molar-refractivity contribution in [3.63, 3.8) is 0 Å². The Kier molecular flexibility index (Phi) is 3.98. The molecule has 0 saturated carbocycles. The third-order valence-electron chi connectivity index (χ3n) is 1.61. The molecule has 14 heavy (non-hydrogen) atoms. The molecule has 1 N–H and O–H groups in total. The molecular weight excluding hydrogens is 214 g/mol. The number of thioether (sulfide) groups is 1. The van der Waals surface area contributed by atoms with Gasteiger partial charge in [0.15, 0.2) is 0 Å². The van der Waals surface area contributed by atoms with E-state index in [0.717, 1.165) is 15.6 Å². The summed E-state index contributed by atoms with van der Waals surface area (Å²) in [5.74, 6) is 0.931. The summed E-state index contributed by atoms with van der Waals surface area (Å²) in [4.78, 5) is 5.23. The molecule has 1 atom stereocenters. The summed E-state index contributed by atoms with van der Waals surface area (Å²) in [6.07, 6.45) is 1.38. The predicted octanol–water partition coefficient (Wildman–Crippen LogP) is 3.23. The van der Waals surface area contributed by atoms with Gasteiger partial charge in [0.2, 0.25) is 0 Å². The van der Waals surface area contributed by atoms with Gasteiger partial charge in [-0.3, -0.25) is 0 Å². The van der Waals surface area contributed by atoms with Crippen LogP contribution in [0.3, 0.4) is 0 Å². The van der Waals surface area contributed by atoms with E-state index < -0.39 is 0 Å². The first-order valence-corrected chi connectivity index (χ1v) is 6.45. The molecule has 0 aromatic carbocycles. The predicted molar refractivity (Wildman–Crippen MR) is 63.8 cm³/mol. The lowest BCUT2D eigenvalue weighted by molar-refractivity contribution is 0.203. The molecule has 0 saturated heterocycles. The Balaban J connectivity index is 2.52. The van der Waals surface area contributed by atoms with E-state index in [4.69, 9.17) is 0 Å². The number of hydrogen-bond acceptors (Lipinski definition) is 4. The van der Waals surface area contributed by atoms with Crippen molar-refractivity contribution in [2.45, 2.75) is 44.3 Å². The molecule has 0 fully saturated rings. The summed E-state index contributed by atoms with van der Waals surface area (Å²) in [7, 11) is 0. The summed E-state index contributed by atoms with van der Waals surface area (Å²) < 4.78 is 0.274. The Labute approximate surface area is 93.8 Å². The van der Waals surface area contributed by atoms with E-state index in [1.54, 1.807) is 24.5 Å². The highest BCUT2D eigenvalue weighted by Crippen LogP contribution is 2.30. The highest BCUT2D eigenvalue weighted by molar-refractivity contribution is 7.99. The number of nitrogens with zero attached hydrogens (tertiary/aromatic N) is 1. The smallest absolute Gasteiger partial charge is 0.103 e. The van der Waals surface area contributed by atoms with Crippen molar-refractivity contribution in [3.8, 4) is 0 Å². The van der Waals surface area contributed by atoms with Gasteiger partial charge >= 0.3 is 0 Å². The molecule has 1 unspecified atom stereocenters. The minimum atomic E-state index is -0.388. The minimum absolute atomic E-state index is 0.274. The highest BCUT2D eigenvalue weighted by Gasteiger charge is 2.13. The minimum Gasteiger partial charge on any atom is -0.388 e. The van der Waals surface area contributed by atoms with Crippen molar-refractivity contribution < 1.29 is 5.11 Å². The maximum absolute atomic E-state index is 9.33. The maximum Gasteiger partial charge on any atom is 0.103 e. The van der Waals surface area contributed by atoms with Crippen LogP contribution in [-0.4, -0.2) is 14.8 Å². The molecule has 0 spiro atoms. The van der Waals surface area contributed by atoms with E-state index in [1.165, 1.54) is 0 Å². The molecule has 80 valence electrons. The molecule has 4 heteroatoms.